The quantitative estimate of drug-likeness (QED) is 0.530. The first-order valence-electron chi connectivity index (χ1n) is 8.74. The maximum Gasteiger partial charge on any atom is 0.295 e. The van der Waals surface area contributed by atoms with E-state index in [1.165, 1.54) is 6.07 Å². The van der Waals surface area contributed by atoms with Gasteiger partial charge in [0.25, 0.3) is 5.69 Å². The van der Waals surface area contributed by atoms with Gasteiger partial charge in [-0.05, 0) is 31.7 Å². The summed E-state index contributed by atoms with van der Waals surface area (Å²) in [7, 11) is 0. The van der Waals surface area contributed by atoms with Gasteiger partial charge < -0.3 is 4.90 Å². The van der Waals surface area contributed by atoms with Crippen LogP contribution in [0.25, 0.3) is 10.9 Å². The number of para-hydroxylation sites is 1. The van der Waals surface area contributed by atoms with Gasteiger partial charge in [0.05, 0.1) is 4.92 Å². The van der Waals surface area contributed by atoms with Crippen molar-refractivity contribution in [2.75, 3.05) is 18.0 Å². The van der Waals surface area contributed by atoms with E-state index in [2.05, 4.69) is 20.0 Å². The molecule has 134 valence electrons. The van der Waals surface area contributed by atoms with Crippen LogP contribution in [0, 0.1) is 23.0 Å². The first-order chi connectivity index (χ1) is 12.6. The molecule has 0 bridgehead atoms. The largest absolute Gasteiger partial charge is 0.371 e. The van der Waals surface area contributed by atoms with Crippen LogP contribution >= 0.6 is 0 Å². The molecule has 3 heterocycles. The summed E-state index contributed by atoms with van der Waals surface area (Å²) < 4.78 is 1.87. The highest BCUT2D eigenvalue weighted by Crippen LogP contribution is 2.34. The second-order valence-corrected chi connectivity index (χ2v) is 6.78. The van der Waals surface area contributed by atoms with E-state index >= 15 is 0 Å². The number of non-ortho nitro benzene ring substituents is 1. The highest BCUT2D eigenvalue weighted by molar-refractivity contribution is 5.97. The molecule has 1 atom stereocenters. The Bertz CT molecular complexity index is 940. The summed E-state index contributed by atoms with van der Waals surface area (Å²) in [5, 5.41) is 16.4. The highest BCUT2D eigenvalue weighted by Gasteiger charge is 2.24. The summed E-state index contributed by atoms with van der Waals surface area (Å²) in [4.78, 5) is 21.8. The Kier molecular flexibility index (Phi) is 4.24. The van der Waals surface area contributed by atoms with E-state index in [-0.39, 0.29) is 10.6 Å². The van der Waals surface area contributed by atoms with Crippen LogP contribution in [-0.4, -0.2) is 37.8 Å². The number of nitro benzene ring substituents is 1. The first kappa shape index (κ1) is 16.4. The van der Waals surface area contributed by atoms with Gasteiger partial charge in [-0.3, -0.25) is 14.8 Å². The number of rotatable bonds is 4. The first-order valence-corrected chi connectivity index (χ1v) is 8.74. The number of benzene rings is 1. The smallest absolute Gasteiger partial charge is 0.295 e. The van der Waals surface area contributed by atoms with E-state index in [0.717, 1.165) is 49.2 Å². The molecule has 1 aliphatic rings. The zero-order valence-electron chi connectivity index (χ0n) is 14.6. The number of hydrogen-bond donors (Lipinski definition) is 0. The minimum absolute atomic E-state index is 0.0589. The molecule has 1 unspecified atom stereocenters. The molecule has 3 aromatic rings. The molecule has 0 spiro atoms. The number of aryl methyl sites for hydroxylation is 1. The molecule has 0 N–H and O–H groups in total. The average molecular weight is 352 g/mol. The molecule has 2 aromatic heterocycles. The molecule has 0 radical (unpaired) electrons. The molecule has 1 fully saturated rings. The lowest BCUT2D eigenvalue weighted by atomic mass is 9.97. The van der Waals surface area contributed by atoms with Crippen LogP contribution in [0.1, 0.15) is 18.5 Å². The predicted molar refractivity (Wildman–Crippen MR) is 98.1 cm³/mol. The van der Waals surface area contributed by atoms with Crippen LogP contribution < -0.4 is 4.90 Å². The molecule has 1 saturated heterocycles. The second kappa shape index (κ2) is 6.70. The third-order valence-corrected chi connectivity index (χ3v) is 4.89. The Labute approximate surface area is 150 Å². The topological polar surface area (TPSA) is 90.0 Å². The van der Waals surface area contributed by atoms with Gasteiger partial charge in [-0.25, -0.2) is 9.97 Å². The second-order valence-electron chi connectivity index (χ2n) is 6.78. The average Bonchev–Trinajstić information content (AvgIpc) is 3.13. The molecule has 0 saturated carbocycles. The van der Waals surface area contributed by atoms with E-state index in [1.54, 1.807) is 18.7 Å². The van der Waals surface area contributed by atoms with Crippen LogP contribution in [0.5, 0.6) is 0 Å². The van der Waals surface area contributed by atoms with E-state index in [0.29, 0.717) is 11.4 Å². The third kappa shape index (κ3) is 3.10. The Hall–Kier alpha value is -3.03. The maximum atomic E-state index is 11.4. The Morgan fingerprint density at radius 1 is 1.38 bits per heavy atom. The fourth-order valence-corrected chi connectivity index (χ4v) is 3.77. The van der Waals surface area contributed by atoms with Crippen molar-refractivity contribution in [3.8, 4) is 0 Å². The molecule has 4 rings (SSSR count). The van der Waals surface area contributed by atoms with E-state index in [1.807, 2.05) is 23.7 Å². The number of anilines is 1. The Balaban J connectivity index is 1.69. The van der Waals surface area contributed by atoms with Gasteiger partial charge in [0, 0.05) is 42.5 Å². The summed E-state index contributed by atoms with van der Waals surface area (Å²) in [5.41, 5.74) is 2.34. The number of fused-ring (bicyclic) bond motifs is 1. The van der Waals surface area contributed by atoms with Gasteiger partial charge in [-0.2, -0.15) is 5.10 Å². The SMILES string of the molecule is Cc1cc(N2CCCC(Cn3cncn3)C2)c2cccc([N+](=O)[O-])c2n1. The van der Waals surface area contributed by atoms with E-state index < -0.39 is 0 Å². The standard InChI is InChI=1S/C18H20N6O2/c1-13-8-17(15-5-2-6-16(24(25)26)18(15)21-13)22-7-3-4-14(9-22)10-23-12-19-11-20-23/h2,5-6,8,11-12,14H,3-4,7,9-10H2,1H3. The van der Waals surface area contributed by atoms with Crippen LogP contribution in [0.4, 0.5) is 11.4 Å². The number of nitrogens with zero attached hydrogens (tertiary/aromatic N) is 6. The lowest BCUT2D eigenvalue weighted by molar-refractivity contribution is -0.383. The number of piperidine rings is 1. The zero-order chi connectivity index (χ0) is 18.1. The monoisotopic (exact) mass is 352 g/mol. The summed E-state index contributed by atoms with van der Waals surface area (Å²) in [5.74, 6) is 0.465. The van der Waals surface area contributed by atoms with Gasteiger partial charge in [0.15, 0.2) is 5.52 Å². The summed E-state index contributed by atoms with van der Waals surface area (Å²) in [6, 6.07) is 7.20. The summed E-state index contributed by atoms with van der Waals surface area (Å²) in [6.45, 7) is 4.55. The fraction of sp³-hybridized carbons (Fsp3) is 0.389. The minimum Gasteiger partial charge on any atom is -0.371 e. The number of pyridine rings is 1. The Morgan fingerprint density at radius 3 is 3.04 bits per heavy atom. The van der Waals surface area contributed by atoms with Crippen LogP contribution in [0.3, 0.4) is 0 Å². The maximum absolute atomic E-state index is 11.4. The molecular formula is C18H20N6O2. The molecular weight excluding hydrogens is 332 g/mol. The molecule has 8 nitrogen and oxygen atoms in total. The number of nitro groups is 1. The van der Waals surface area contributed by atoms with Crippen molar-refractivity contribution in [1.29, 1.82) is 0 Å². The summed E-state index contributed by atoms with van der Waals surface area (Å²) in [6.07, 6.45) is 5.52. The lowest BCUT2D eigenvalue weighted by Gasteiger charge is -2.35. The minimum atomic E-state index is -0.359. The van der Waals surface area contributed by atoms with Crippen molar-refractivity contribution in [2.24, 2.45) is 5.92 Å². The van der Waals surface area contributed by atoms with Gasteiger partial charge in [0.1, 0.15) is 12.7 Å². The number of hydrogen-bond acceptors (Lipinski definition) is 6. The van der Waals surface area contributed by atoms with Crippen molar-refractivity contribution in [1.82, 2.24) is 19.7 Å². The molecule has 0 aliphatic carbocycles. The van der Waals surface area contributed by atoms with Gasteiger partial charge in [-0.15, -0.1) is 0 Å². The molecule has 1 aliphatic heterocycles. The molecule has 26 heavy (non-hydrogen) atoms. The zero-order valence-corrected chi connectivity index (χ0v) is 14.6. The Morgan fingerprint density at radius 2 is 2.27 bits per heavy atom. The van der Waals surface area contributed by atoms with Crippen molar-refractivity contribution in [3.63, 3.8) is 0 Å². The molecule has 1 aromatic carbocycles. The van der Waals surface area contributed by atoms with Gasteiger partial charge in [0.2, 0.25) is 0 Å². The van der Waals surface area contributed by atoms with Crippen molar-refractivity contribution in [2.45, 2.75) is 26.3 Å². The van der Waals surface area contributed by atoms with Crippen LogP contribution in [0.15, 0.2) is 36.9 Å². The van der Waals surface area contributed by atoms with Crippen LogP contribution in [0.2, 0.25) is 0 Å². The predicted octanol–water partition coefficient (Wildman–Crippen LogP) is 2.96. The normalized spacial score (nSPS) is 17.6. The van der Waals surface area contributed by atoms with Gasteiger partial charge >= 0.3 is 0 Å². The molecule has 0 amide bonds. The fourth-order valence-electron chi connectivity index (χ4n) is 3.77. The van der Waals surface area contributed by atoms with Crippen molar-refractivity contribution < 1.29 is 4.92 Å². The van der Waals surface area contributed by atoms with Crippen LogP contribution in [-0.2, 0) is 6.54 Å². The van der Waals surface area contributed by atoms with E-state index in [9.17, 15) is 10.1 Å². The third-order valence-electron chi connectivity index (χ3n) is 4.89. The highest BCUT2D eigenvalue weighted by atomic mass is 16.6. The van der Waals surface area contributed by atoms with Crippen molar-refractivity contribution in [3.05, 3.63) is 52.7 Å². The van der Waals surface area contributed by atoms with Gasteiger partial charge in [-0.1, -0.05) is 12.1 Å². The summed E-state index contributed by atoms with van der Waals surface area (Å²) >= 11 is 0. The van der Waals surface area contributed by atoms with Crippen molar-refractivity contribution >= 4 is 22.3 Å². The number of aromatic nitrogens is 4. The lowest BCUT2D eigenvalue weighted by Crippen LogP contribution is -2.37. The van der Waals surface area contributed by atoms with E-state index in [4.69, 9.17) is 0 Å². The molecule has 8 heteroatoms.